The molecule has 26 heavy (non-hydrogen) atoms. The number of amides is 1. The summed E-state index contributed by atoms with van der Waals surface area (Å²) in [6.07, 6.45) is 7.32. The highest BCUT2D eigenvalue weighted by Crippen LogP contribution is 2.27. The molecule has 2 atom stereocenters. The van der Waals surface area contributed by atoms with Crippen molar-refractivity contribution in [2.45, 2.75) is 37.8 Å². The summed E-state index contributed by atoms with van der Waals surface area (Å²) in [6.45, 7) is 2.31. The molecule has 144 valence electrons. The fraction of sp³-hybridized carbons (Fsp3) is 0.750. The van der Waals surface area contributed by atoms with Gasteiger partial charge in [0.15, 0.2) is 0 Å². The highest BCUT2D eigenvalue weighted by molar-refractivity contribution is 7.90. The Morgan fingerprint density at radius 3 is 2.88 bits per heavy atom. The molecular formula is C16H26N6O3S. The third-order valence-corrected chi connectivity index (χ3v) is 7.55. The summed E-state index contributed by atoms with van der Waals surface area (Å²) in [5.41, 5.74) is 0.539. The van der Waals surface area contributed by atoms with Crippen LogP contribution in [0.2, 0.25) is 0 Å². The summed E-state index contributed by atoms with van der Waals surface area (Å²) >= 11 is 0. The van der Waals surface area contributed by atoms with Crippen LogP contribution in [0.15, 0.2) is 12.4 Å². The molecule has 0 aliphatic carbocycles. The average Bonchev–Trinajstić information content (AvgIpc) is 3.17. The number of hydrogen-bond acceptors (Lipinski definition) is 5. The Balaban J connectivity index is 1.46. The van der Waals surface area contributed by atoms with Crippen molar-refractivity contribution in [2.75, 3.05) is 37.0 Å². The van der Waals surface area contributed by atoms with Gasteiger partial charge in [-0.05, 0) is 32.2 Å². The maximum absolute atomic E-state index is 12.9. The van der Waals surface area contributed by atoms with E-state index in [9.17, 15) is 13.2 Å². The molecule has 3 saturated heterocycles. The number of rotatable bonds is 3. The minimum Gasteiger partial charge on any atom is -0.337 e. The number of hydrogen-bond donors (Lipinski definition) is 1. The van der Waals surface area contributed by atoms with E-state index in [1.165, 1.54) is 14.8 Å². The van der Waals surface area contributed by atoms with Crippen molar-refractivity contribution in [1.29, 1.82) is 0 Å². The second-order valence-electron chi connectivity index (χ2n) is 7.29. The van der Waals surface area contributed by atoms with Gasteiger partial charge in [0.2, 0.25) is 5.91 Å². The molecule has 0 bridgehead atoms. The number of piperidine rings is 2. The van der Waals surface area contributed by atoms with Crippen LogP contribution in [0.4, 0.5) is 5.69 Å². The van der Waals surface area contributed by atoms with Gasteiger partial charge in [-0.25, -0.2) is 0 Å². The molecule has 0 aromatic carbocycles. The summed E-state index contributed by atoms with van der Waals surface area (Å²) in [6, 6.07) is 0.549. The zero-order valence-corrected chi connectivity index (χ0v) is 15.9. The fourth-order valence-corrected chi connectivity index (χ4v) is 5.87. The lowest BCUT2D eigenvalue weighted by Crippen LogP contribution is -2.59. The van der Waals surface area contributed by atoms with Crippen LogP contribution in [-0.2, 0) is 22.1 Å². The summed E-state index contributed by atoms with van der Waals surface area (Å²) in [5, 5.41) is 7.54. The Labute approximate surface area is 154 Å². The van der Waals surface area contributed by atoms with Gasteiger partial charge in [-0.15, -0.1) is 0 Å². The van der Waals surface area contributed by atoms with E-state index in [1.54, 1.807) is 17.9 Å². The maximum atomic E-state index is 12.9. The van der Waals surface area contributed by atoms with Crippen LogP contribution < -0.4 is 9.62 Å². The van der Waals surface area contributed by atoms with Gasteiger partial charge in [0.1, 0.15) is 0 Å². The van der Waals surface area contributed by atoms with Gasteiger partial charge in [0.05, 0.1) is 18.4 Å². The van der Waals surface area contributed by atoms with Gasteiger partial charge in [-0.2, -0.15) is 17.8 Å². The first-order valence-electron chi connectivity index (χ1n) is 9.26. The summed E-state index contributed by atoms with van der Waals surface area (Å²) in [5.74, 6) is -0.0833. The van der Waals surface area contributed by atoms with Crippen molar-refractivity contribution < 1.29 is 13.2 Å². The third kappa shape index (κ3) is 3.10. The largest absolute Gasteiger partial charge is 0.337 e. The summed E-state index contributed by atoms with van der Waals surface area (Å²) < 4.78 is 29.9. The second kappa shape index (κ2) is 6.82. The molecule has 3 aliphatic heterocycles. The van der Waals surface area contributed by atoms with E-state index in [1.807, 2.05) is 4.90 Å². The second-order valence-corrected chi connectivity index (χ2v) is 9.14. The van der Waals surface area contributed by atoms with Crippen LogP contribution in [0.1, 0.15) is 25.7 Å². The lowest BCUT2D eigenvalue weighted by atomic mass is 9.89. The van der Waals surface area contributed by atoms with E-state index >= 15 is 0 Å². The fourth-order valence-electron chi connectivity index (χ4n) is 4.33. The molecule has 4 rings (SSSR count). The normalized spacial score (nSPS) is 29.0. The van der Waals surface area contributed by atoms with E-state index in [0.29, 0.717) is 24.8 Å². The number of aromatic nitrogens is 2. The van der Waals surface area contributed by atoms with Crippen LogP contribution in [0.25, 0.3) is 0 Å². The average molecular weight is 382 g/mol. The van der Waals surface area contributed by atoms with Gasteiger partial charge in [-0.1, -0.05) is 0 Å². The maximum Gasteiger partial charge on any atom is 0.304 e. The van der Waals surface area contributed by atoms with Gasteiger partial charge < -0.3 is 10.2 Å². The highest BCUT2D eigenvalue weighted by Gasteiger charge is 2.41. The predicted molar refractivity (Wildman–Crippen MR) is 96.8 cm³/mol. The molecule has 1 aromatic heterocycles. The molecule has 0 spiro atoms. The number of fused-ring (bicyclic) bond motifs is 1. The number of nitrogens with one attached hydrogen (secondary N) is 1. The number of aryl methyl sites for hydroxylation is 1. The van der Waals surface area contributed by atoms with Crippen molar-refractivity contribution in [3.05, 3.63) is 12.4 Å². The van der Waals surface area contributed by atoms with E-state index < -0.39 is 10.2 Å². The standard InChI is InChI=1S/C16H26N6O3S/c1-19-11-13(10-18-19)22-9-8-20(26(22,24)25)12-16(23)21-7-3-4-14-15(21)5-2-6-17-14/h10-11,14-15,17H,2-9,12H2,1H3. The van der Waals surface area contributed by atoms with Crippen LogP contribution in [-0.4, -0.2) is 78.1 Å². The molecule has 3 aliphatic rings. The summed E-state index contributed by atoms with van der Waals surface area (Å²) in [7, 11) is -1.93. The number of nitrogens with zero attached hydrogens (tertiary/aromatic N) is 5. The number of likely N-dealkylation sites (tertiary alicyclic amines) is 1. The Kier molecular flexibility index (Phi) is 4.66. The van der Waals surface area contributed by atoms with Gasteiger partial charge in [0, 0.05) is 45.0 Å². The summed E-state index contributed by atoms with van der Waals surface area (Å²) in [4.78, 5) is 14.8. The molecule has 9 nitrogen and oxygen atoms in total. The first-order chi connectivity index (χ1) is 12.5. The SMILES string of the molecule is Cn1cc(N2CCN(CC(=O)N3CCCC4NCCCC43)S2(=O)=O)cn1. The molecule has 1 amide bonds. The minimum atomic E-state index is -3.68. The Morgan fingerprint density at radius 2 is 2.12 bits per heavy atom. The molecule has 10 heteroatoms. The lowest BCUT2D eigenvalue weighted by molar-refractivity contribution is -0.136. The number of anilines is 1. The van der Waals surface area contributed by atoms with Crippen molar-refractivity contribution in [2.24, 2.45) is 7.05 Å². The Morgan fingerprint density at radius 1 is 1.27 bits per heavy atom. The molecule has 0 radical (unpaired) electrons. The predicted octanol–water partition coefficient (Wildman–Crippen LogP) is -0.470. The zero-order chi connectivity index (χ0) is 18.3. The van der Waals surface area contributed by atoms with E-state index in [2.05, 4.69) is 10.4 Å². The zero-order valence-electron chi connectivity index (χ0n) is 15.0. The molecule has 1 aromatic rings. The van der Waals surface area contributed by atoms with Crippen LogP contribution in [0.3, 0.4) is 0 Å². The van der Waals surface area contributed by atoms with Crippen LogP contribution >= 0.6 is 0 Å². The smallest absolute Gasteiger partial charge is 0.304 e. The monoisotopic (exact) mass is 382 g/mol. The molecule has 1 N–H and O–H groups in total. The number of carbonyl (C=O) groups excluding carboxylic acids is 1. The van der Waals surface area contributed by atoms with Crippen molar-refractivity contribution in [3.8, 4) is 0 Å². The molecule has 0 saturated carbocycles. The lowest BCUT2D eigenvalue weighted by Gasteiger charge is -2.44. The van der Waals surface area contributed by atoms with Crippen LogP contribution in [0, 0.1) is 0 Å². The van der Waals surface area contributed by atoms with Gasteiger partial charge in [0.25, 0.3) is 0 Å². The highest BCUT2D eigenvalue weighted by atomic mass is 32.2. The van der Waals surface area contributed by atoms with Gasteiger partial charge >= 0.3 is 10.2 Å². The third-order valence-electron chi connectivity index (χ3n) is 5.63. The van der Waals surface area contributed by atoms with E-state index in [4.69, 9.17) is 0 Å². The van der Waals surface area contributed by atoms with Crippen LogP contribution in [0.5, 0.6) is 0 Å². The van der Waals surface area contributed by atoms with Gasteiger partial charge in [-0.3, -0.25) is 13.8 Å². The number of carbonyl (C=O) groups is 1. The van der Waals surface area contributed by atoms with Crippen molar-refractivity contribution >= 4 is 21.8 Å². The molecule has 3 fully saturated rings. The first-order valence-corrected chi connectivity index (χ1v) is 10.7. The minimum absolute atomic E-state index is 0.0810. The van der Waals surface area contributed by atoms with Crippen molar-refractivity contribution in [1.82, 2.24) is 24.3 Å². The Hall–Kier alpha value is -1.65. The molecule has 2 unspecified atom stereocenters. The quantitative estimate of drug-likeness (QED) is 0.763. The van der Waals surface area contributed by atoms with Crippen molar-refractivity contribution in [3.63, 3.8) is 0 Å². The van der Waals surface area contributed by atoms with E-state index in [-0.39, 0.29) is 18.5 Å². The van der Waals surface area contributed by atoms with E-state index in [0.717, 1.165) is 38.8 Å². The topological polar surface area (TPSA) is 90.8 Å². The first kappa shape index (κ1) is 17.7. The Bertz CT molecular complexity index is 777. The molecule has 4 heterocycles. The molecular weight excluding hydrogens is 356 g/mol.